The lowest BCUT2D eigenvalue weighted by atomic mass is 10.4. The van der Waals surface area contributed by atoms with E-state index in [1.165, 1.54) is 0 Å². The number of hydrogen-bond acceptors (Lipinski definition) is 5. The Morgan fingerprint density at radius 2 is 2.00 bits per heavy atom. The van der Waals surface area contributed by atoms with Crippen LogP contribution in [0.1, 0.15) is 6.92 Å². The van der Waals surface area contributed by atoms with Crippen LogP contribution in [0.4, 0.5) is 0 Å². The first-order chi connectivity index (χ1) is 4.45. The van der Waals surface area contributed by atoms with Crippen molar-refractivity contribution >= 4 is 0 Å². The van der Waals surface area contributed by atoms with Gasteiger partial charge < -0.3 is 25.2 Å². The molecule has 0 saturated heterocycles. The molecule has 0 rings (SSSR count). The Bertz CT molecular complexity index is 86.5. The van der Waals surface area contributed by atoms with Gasteiger partial charge in [0.2, 0.25) is 0 Å². The van der Waals surface area contributed by atoms with Crippen molar-refractivity contribution in [2.75, 3.05) is 13.2 Å². The molecule has 0 aliphatic heterocycles. The van der Waals surface area contributed by atoms with Gasteiger partial charge in [-0.15, -0.1) is 0 Å². The lowest BCUT2D eigenvalue weighted by Crippen LogP contribution is -2.32. The van der Waals surface area contributed by atoms with Crippen molar-refractivity contribution in [2.24, 2.45) is 0 Å². The van der Waals surface area contributed by atoms with Gasteiger partial charge in [-0.1, -0.05) is 0 Å². The minimum atomic E-state index is -2.24. The number of hydrogen-bond donors (Lipinski definition) is 4. The number of aliphatic hydroxyl groups is 4. The summed E-state index contributed by atoms with van der Waals surface area (Å²) in [6.45, 7) is 0.243. The van der Waals surface area contributed by atoms with Crippen LogP contribution in [0.25, 0.3) is 0 Å². The molecule has 0 amide bonds. The molecule has 0 aromatic heterocycles. The van der Waals surface area contributed by atoms with Crippen molar-refractivity contribution < 1.29 is 25.2 Å². The van der Waals surface area contributed by atoms with E-state index in [-0.39, 0.29) is 6.61 Å². The van der Waals surface area contributed by atoms with Crippen molar-refractivity contribution in [3.8, 4) is 0 Å². The zero-order valence-corrected chi connectivity index (χ0v) is 5.69. The third-order valence-electron chi connectivity index (χ3n) is 0.760. The molecule has 0 saturated carbocycles. The molecule has 0 aliphatic rings. The number of ether oxygens (including phenoxy) is 1. The second-order valence-corrected chi connectivity index (χ2v) is 2.08. The van der Waals surface area contributed by atoms with E-state index in [0.717, 1.165) is 6.92 Å². The number of aliphatic hydroxyl groups excluding tert-OH is 2. The molecule has 1 unspecified atom stereocenters. The molecule has 0 aliphatic carbocycles. The van der Waals surface area contributed by atoms with E-state index in [1.54, 1.807) is 0 Å². The highest BCUT2D eigenvalue weighted by Crippen LogP contribution is 1.99. The Morgan fingerprint density at radius 1 is 1.50 bits per heavy atom. The third-order valence-corrected chi connectivity index (χ3v) is 0.760. The first-order valence-electron chi connectivity index (χ1n) is 2.83. The monoisotopic (exact) mass is 152 g/mol. The van der Waals surface area contributed by atoms with E-state index in [2.05, 4.69) is 4.74 Å². The van der Waals surface area contributed by atoms with Crippen molar-refractivity contribution in [3.63, 3.8) is 0 Å². The average Bonchev–Trinajstić information content (AvgIpc) is 1.81. The minimum absolute atomic E-state index is 0.306. The predicted octanol–water partition coefficient (Wildman–Crippen LogP) is -1.99. The van der Waals surface area contributed by atoms with Crippen LogP contribution in [-0.2, 0) is 4.74 Å². The second kappa shape index (κ2) is 3.85. The van der Waals surface area contributed by atoms with Gasteiger partial charge >= 0.3 is 0 Å². The molecule has 0 bridgehead atoms. The molecular formula is C5H12O5. The summed E-state index contributed by atoms with van der Waals surface area (Å²) in [5.74, 6) is -2.24. The fourth-order valence-corrected chi connectivity index (χ4v) is 0.307. The van der Waals surface area contributed by atoms with Gasteiger partial charge in [0, 0.05) is 6.92 Å². The summed E-state index contributed by atoms with van der Waals surface area (Å²) >= 11 is 0. The van der Waals surface area contributed by atoms with Gasteiger partial charge in [-0.3, -0.25) is 0 Å². The van der Waals surface area contributed by atoms with Crippen LogP contribution in [-0.4, -0.2) is 45.7 Å². The predicted molar refractivity (Wildman–Crippen MR) is 31.9 cm³/mol. The van der Waals surface area contributed by atoms with Gasteiger partial charge in [0.15, 0.2) is 0 Å². The van der Waals surface area contributed by atoms with E-state index >= 15 is 0 Å². The van der Waals surface area contributed by atoms with Gasteiger partial charge in [-0.25, -0.2) is 0 Å². The molecule has 0 aromatic carbocycles. The summed E-state index contributed by atoms with van der Waals surface area (Å²) in [5.41, 5.74) is 0. The summed E-state index contributed by atoms with van der Waals surface area (Å²) in [6, 6.07) is 0. The highest BCUT2D eigenvalue weighted by Gasteiger charge is 2.16. The highest BCUT2D eigenvalue weighted by molar-refractivity contribution is 4.50. The summed E-state index contributed by atoms with van der Waals surface area (Å²) < 4.78 is 4.28. The number of rotatable bonds is 4. The summed E-state index contributed by atoms with van der Waals surface area (Å²) in [6.07, 6.45) is -1.07. The Balaban J connectivity index is 3.36. The van der Waals surface area contributed by atoms with E-state index in [4.69, 9.17) is 20.4 Å². The molecule has 0 aromatic rings. The molecule has 0 radical (unpaired) electrons. The van der Waals surface area contributed by atoms with Gasteiger partial charge in [-0.2, -0.15) is 0 Å². The molecule has 0 spiro atoms. The third kappa shape index (κ3) is 5.93. The van der Waals surface area contributed by atoms with Crippen LogP contribution in [0.3, 0.4) is 0 Å². The first-order valence-corrected chi connectivity index (χ1v) is 2.83. The SMILES string of the molecule is CC(O)(O)OCC(O)CO. The Morgan fingerprint density at radius 3 is 2.30 bits per heavy atom. The normalized spacial score (nSPS) is 15.3. The maximum absolute atomic E-state index is 8.62. The molecule has 1 atom stereocenters. The van der Waals surface area contributed by atoms with E-state index in [1.807, 2.05) is 0 Å². The van der Waals surface area contributed by atoms with Gasteiger partial charge in [0.25, 0.3) is 5.97 Å². The second-order valence-electron chi connectivity index (χ2n) is 2.08. The van der Waals surface area contributed by atoms with Crippen LogP contribution in [0.2, 0.25) is 0 Å². The summed E-state index contributed by atoms with van der Waals surface area (Å²) in [7, 11) is 0. The largest absolute Gasteiger partial charge is 0.394 e. The molecular weight excluding hydrogens is 140 g/mol. The molecule has 62 valence electrons. The van der Waals surface area contributed by atoms with Crippen molar-refractivity contribution in [3.05, 3.63) is 0 Å². The van der Waals surface area contributed by atoms with Crippen LogP contribution in [0, 0.1) is 0 Å². The van der Waals surface area contributed by atoms with Gasteiger partial charge in [0.1, 0.15) is 6.10 Å². The highest BCUT2D eigenvalue weighted by atomic mass is 16.8. The van der Waals surface area contributed by atoms with Crippen LogP contribution >= 0.6 is 0 Å². The van der Waals surface area contributed by atoms with Crippen molar-refractivity contribution in [1.29, 1.82) is 0 Å². The molecule has 5 heteroatoms. The van der Waals surface area contributed by atoms with Crippen LogP contribution < -0.4 is 0 Å². The lowest BCUT2D eigenvalue weighted by Gasteiger charge is -2.17. The van der Waals surface area contributed by atoms with E-state index < -0.39 is 18.7 Å². The lowest BCUT2D eigenvalue weighted by molar-refractivity contribution is -0.331. The molecule has 5 nitrogen and oxygen atoms in total. The Hall–Kier alpha value is -0.200. The fraction of sp³-hybridized carbons (Fsp3) is 1.00. The van der Waals surface area contributed by atoms with E-state index in [0.29, 0.717) is 0 Å². The maximum Gasteiger partial charge on any atom is 0.274 e. The average molecular weight is 152 g/mol. The van der Waals surface area contributed by atoms with E-state index in [9.17, 15) is 0 Å². The Kier molecular flexibility index (Phi) is 3.77. The standard InChI is InChI=1S/C5H12O5/c1-5(8,9)10-3-4(7)2-6/h4,6-9H,2-3H2,1H3. The Labute approximate surface area is 58.5 Å². The maximum atomic E-state index is 8.62. The smallest absolute Gasteiger partial charge is 0.274 e. The van der Waals surface area contributed by atoms with Crippen molar-refractivity contribution in [2.45, 2.75) is 19.0 Å². The van der Waals surface area contributed by atoms with Crippen LogP contribution in [0.5, 0.6) is 0 Å². The minimum Gasteiger partial charge on any atom is -0.394 e. The molecule has 10 heavy (non-hydrogen) atoms. The molecule has 0 heterocycles. The van der Waals surface area contributed by atoms with Crippen LogP contribution in [0.15, 0.2) is 0 Å². The topological polar surface area (TPSA) is 90.2 Å². The summed E-state index contributed by atoms with van der Waals surface area (Å²) in [4.78, 5) is 0. The van der Waals surface area contributed by atoms with Gasteiger partial charge in [0.05, 0.1) is 13.2 Å². The fourth-order valence-electron chi connectivity index (χ4n) is 0.307. The zero-order chi connectivity index (χ0) is 8.20. The zero-order valence-electron chi connectivity index (χ0n) is 5.69. The molecule has 4 N–H and O–H groups in total. The van der Waals surface area contributed by atoms with Crippen molar-refractivity contribution in [1.82, 2.24) is 0 Å². The molecule has 0 fully saturated rings. The first kappa shape index (κ1) is 9.80. The van der Waals surface area contributed by atoms with Gasteiger partial charge in [-0.05, 0) is 0 Å². The quantitative estimate of drug-likeness (QED) is 0.350. The summed E-state index contributed by atoms with van der Waals surface area (Å²) in [5, 5.41) is 33.9.